The molecule has 0 spiro atoms. The number of fused-ring (bicyclic) bond motifs is 1. The Hall–Kier alpha value is -1.48. The van der Waals surface area contributed by atoms with Gasteiger partial charge in [0.25, 0.3) is 15.9 Å². The molecular weight excluding hydrogens is 492 g/mol. The molecule has 0 aliphatic rings. The maximum absolute atomic E-state index is 11.1. The minimum atomic E-state index is -4.05. The minimum absolute atomic E-state index is 0.223. The first-order valence-corrected chi connectivity index (χ1v) is 11.9. The summed E-state index contributed by atoms with van der Waals surface area (Å²) in [6.07, 6.45) is 3.77. The van der Waals surface area contributed by atoms with Crippen LogP contribution in [0.2, 0.25) is 20.1 Å². The lowest BCUT2D eigenvalue weighted by Crippen LogP contribution is -2.31. The highest BCUT2D eigenvalue weighted by Gasteiger charge is 2.22. The van der Waals surface area contributed by atoms with E-state index in [1.54, 1.807) is 36.5 Å². The van der Waals surface area contributed by atoms with Gasteiger partial charge in [-0.3, -0.25) is 4.55 Å². The van der Waals surface area contributed by atoms with E-state index in [9.17, 15) is 8.42 Å². The predicted molar refractivity (Wildman–Crippen MR) is 123 cm³/mol. The molecule has 1 heterocycles. The van der Waals surface area contributed by atoms with Crippen LogP contribution in [0, 0.1) is 0 Å². The van der Waals surface area contributed by atoms with E-state index in [1.807, 2.05) is 22.3 Å². The van der Waals surface area contributed by atoms with Gasteiger partial charge in [-0.25, -0.2) is 9.13 Å². The van der Waals surface area contributed by atoms with Crippen LogP contribution >= 0.6 is 46.4 Å². The molecule has 0 saturated carbocycles. The Morgan fingerprint density at radius 2 is 1.70 bits per heavy atom. The van der Waals surface area contributed by atoms with Gasteiger partial charge in [-0.1, -0.05) is 46.4 Å². The topological polar surface area (TPSA) is 75.2 Å². The largest absolute Gasteiger partial charge is 0.361 e. The van der Waals surface area contributed by atoms with Crippen LogP contribution in [-0.4, -0.2) is 23.3 Å². The van der Waals surface area contributed by atoms with Crippen LogP contribution in [0.3, 0.4) is 0 Å². The molecule has 2 N–H and O–H groups in total. The molecule has 1 aromatic heterocycles. The quantitative estimate of drug-likeness (QED) is 0.328. The fraction of sp³-hybridized carbons (Fsp3) is 0.211. The fourth-order valence-electron chi connectivity index (χ4n) is 3.13. The van der Waals surface area contributed by atoms with Crippen molar-refractivity contribution in [2.24, 2.45) is 7.05 Å². The molecule has 0 aliphatic heterocycles. The molecule has 3 rings (SSSR count). The zero-order chi connectivity index (χ0) is 22.1. The van der Waals surface area contributed by atoms with E-state index >= 15 is 0 Å². The van der Waals surface area contributed by atoms with Crippen LogP contribution < -0.4 is 9.88 Å². The van der Waals surface area contributed by atoms with Gasteiger partial charge in [0.1, 0.15) is 0 Å². The average molecular weight is 510 g/mol. The minimum Gasteiger partial charge on any atom is -0.361 e. The molecule has 6 nitrogen and oxygen atoms in total. The van der Waals surface area contributed by atoms with Crippen LogP contribution in [0.25, 0.3) is 17.1 Å². The number of imidazole rings is 1. The van der Waals surface area contributed by atoms with Gasteiger partial charge < -0.3 is 5.32 Å². The number of rotatable bonds is 7. The number of nitrogens with one attached hydrogen (secondary N) is 1. The summed E-state index contributed by atoms with van der Waals surface area (Å²) < 4.78 is 35.1. The smallest absolute Gasteiger partial charge is 0.283 e. The van der Waals surface area contributed by atoms with Gasteiger partial charge in [-0.15, -0.1) is 0 Å². The Balaban J connectivity index is 1.98. The van der Waals surface area contributed by atoms with Crippen molar-refractivity contribution < 1.29 is 17.5 Å². The van der Waals surface area contributed by atoms with Gasteiger partial charge in [0, 0.05) is 46.6 Å². The van der Waals surface area contributed by atoms with E-state index in [0.29, 0.717) is 32.3 Å². The van der Waals surface area contributed by atoms with Gasteiger partial charge in [0.2, 0.25) is 0 Å². The van der Waals surface area contributed by atoms with Crippen molar-refractivity contribution in [1.29, 1.82) is 0 Å². The first-order valence-electron chi connectivity index (χ1n) is 8.77. The monoisotopic (exact) mass is 508 g/mol. The summed E-state index contributed by atoms with van der Waals surface area (Å²) in [7, 11) is -2.19. The summed E-state index contributed by atoms with van der Waals surface area (Å²) in [6.45, 7) is 0.345. The molecular formula is C19H18Cl4N3O3S+. The molecule has 30 heavy (non-hydrogen) atoms. The summed E-state index contributed by atoms with van der Waals surface area (Å²) in [6, 6.07) is 8.59. The molecule has 3 aromatic rings. The van der Waals surface area contributed by atoms with Crippen LogP contribution in [0.1, 0.15) is 12.2 Å². The van der Waals surface area contributed by atoms with Crippen molar-refractivity contribution in [3.63, 3.8) is 0 Å². The highest BCUT2D eigenvalue weighted by molar-refractivity contribution is 7.85. The number of benzene rings is 2. The lowest BCUT2D eigenvalue weighted by molar-refractivity contribution is -0.647. The Morgan fingerprint density at radius 1 is 1.07 bits per heavy atom. The Kier molecular flexibility index (Phi) is 7.22. The van der Waals surface area contributed by atoms with Crippen LogP contribution in [0.5, 0.6) is 0 Å². The van der Waals surface area contributed by atoms with Crippen molar-refractivity contribution in [2.45, 2.75) is 13.0 Å². The number of aryl methyl sites for hydroxylation is 2. The fourth-order valence-corrected chi connectivity index (χ4v) is 4.47. The van der Waals surface area contributed by atoms with Crippen LogP contribution in [0.4, 0.5) is 5.69 Å². The summed E-state index contributed by atoms with van der Waals surface area (Å²) >= 11 is 24.4. The molecule has 2 aromatic carbocycles. The normalized spacial score (nSPS) is 12.2. The highest BCUT2D eigenvalue weighted by Crippen LogP contribution is 2.28. The lowest BCUT2D eigenvalue weighted by Gasteiger charge is -2.03. The first-order chi connectivity index (χ1) is 14.0. The molecule has 160 valence electrons. The second-order valence-corrected chi connectivity index (χ2v) is 9.86. The van der Waals surface area contributed by atoms with E-state index in [4.69, 9.17) is 51.0 Å². The molecule has 0 amide bonds. The maximum atomic E-state index is 11.1. The van der Waals surface area contributed by atoms with Crippen molar-refractivity contribution >= 4 is 79.3 Å². The molecule has 11 heteroatoms. The van der Waals surface area contributed by atoms with E-state index in [1.165, 1.54) is 0 Å². The number of nitrogens with zero attached hydrogens (tertiary/aromatic N) is 2. The van der Waals surface area contributed by atoms with Crippen LogP contribution in [-0.2, 0) is 23.7 Å². The molecule has 0 bridgehead atoms. The molecule has 0 fully saturated rings. The molecule has 0 aliphatic carbocycles. The second-order valence-electron chi connectivity index (χ2n) is 6.60. The van der Waals surface area contributed by atoms with Crippen LogP contribution in [0.15, 0.2) is 36.5 Å². The predicted octanol–water partition coefficient (Wildman–Crippen LogP) is 5.44. The SMILES string of the molecule is C[n+]1c(/C=C/Nc2cc(Cl)cc(Cl)c2)n(CCCS(=O)(=O)O)c2cc(Cl)c(Cl)cc21. The standard InChI is InChI=1S/C19H17Cl4N3O3S/c1-25-17-10-15(22)16(23)11-18(17)26(5-2-6-30(27,28)29)19(25)3-4-24-14-8-12(20)7-13(21)9-14/h3-4,7-11H,2,5-6H2,1H3,(H,27,28,29)/p+1. The van der Waals surface area contributed by atoms with Gasteiger partial charge in [0.05, 0.1) is 29.4 Å². The van der Waals surface area contributed by atoms with Gasteiger partial charge in [-0.05, 0) is 18.2 Å². The average Bonchev–Trinajstić information content (AvgIpc) is 2.86. The van der Waals surface area contributed by atoms with Crippen molar-refractivity contribution in [2.75, 3.05) is 11.1 Å². The molecule has 0 radical (unpaired) electrons. The molecule has 0 atom stereocenters. The first kappa shape index (κ1) is 23.2. The highest BCUT2D eigenvalue weighted by atomic mass is 35.5. The van der Waals surface area contributed by atoms with E-state index in [-0.39, 0.29) is 12.2 Å². The Labute approximate surface area is 194 Å². The zero-order valence-electron chi connectivity index (χ0n) is 15.7. The summed E-state index contributed by atoms with van der Waals surface area (Å²) in [5.41, 5.74) is 2.32. The third-order valence-corrected chi connectivity index (χ3v) is 6.38. The van der Waals surface area contributed by atoms with E-state index in [2.05, 4.69) is 5.32 Å². The molecule has 0 unspecified atom stereocenters. The summed E-state index contributed by atoms with van der Waals surface area (Å²) in [4.78, 5) is 0. The number of halogens is 4. The number of hydrogen-bond acceptors (Lipinski definition) is 3. The van der Waals surface area contributed by atoms with Gasteiger partial charge in [0.15, 0.2) is 11.0 Å². The number of anilines is 1. The van der Waals surface area contributed by atoms with Gasteiger partial charge in [-0.2, -0.15) is 8.42 Å². The lowest BCUT2D eigenvalue weighted by atomic mass is 10.3. The third-order valence-electron chi connectivity index (χ3n) is 4.42. The second kappa shape index (κ2) is 9.34. The number of aromatic nitrogens is 2. The molecule has 0 saturated heterocycles. The van der Waals surface area contributed by atoms with Crippen molar-refractivity contribution in [3.8, 4) is 0 Å². The van der Waals surface area contributed by atoms with Crippen molar-refractivity contribution in [3.05, 3.63) is 62.4 Å². The Bertz CT molecular complexity index is 1220. The van der Waals surface area contributed by atoms with E-state index < -0.39 is 10.1 Å². The van der Waals surface area contributed by atoms with Gasteiger partial charge >= 0.3 is 0 Å². The Morgan fingerprint density at radius 3 is 2.33 bits per heavy atom. The third kappa shape index (κ3) is 5.60. The summed E-state index contributed by atoms with van der Waals surface area (Å²) in [5, 5.41) is 4.93. The maximum Gasteiger partial charge on any atom is 0.283 e. The number of hydrogen-bond donors (Lipinski definition) is 2. The summed E-state index contributed by atoms with van der Waals surface area (Å²) in [5.74, 6) is 0.416. The van der Waals surface area contributed by atoms with Crippen molar-refractivity contribution in [1.82, 2.24) is 4.57 Å². The van der Waals surface area contributed by atoms with E-state index in [0.717, 1.165) is 16.9 Å². The zero-order valence-corrected chi connectivity index (χ0v) is 19.6.